The third-order valence-corrected chi connectivity index (χ3v) is 2.30. The fraction of sp³-hybridized carbons (Fsp3) is 0.917. The highest BCUT2D eigenvalue weighted by Gasteiger charge is 2.19. The highest BCUT2D eigenvalue weighted by Crippen LogP contribution is 2.19. The van der Waals surface area contributed by atoms with Gasteiger partial charge in [0.1, 0.15) is 5.60 Å². The predicted octanol–water partition coefficient (Wildman–Crippen LogP) is 3.69. The molecular formula is C12H24O2. The van der Waals surface area contributed by atoms with Gasteiger partial charge in [-0.05, 0) is 26.7 Å². The van der Waals surface area contributed by atoms with Gasteiger partial charge in [-0.1, -0.05) is 32.6 Å². The topological polar surface area (TPSA) is 26.3 Å². The fourth-order valence-corrected chi connectivity index (χ4v) is 1.59. The Labute approximate surface area is 88.0 Å². The third-order valence-electron chi connectivity index (χ3n) is 2.30. The Balaban J connectivity index is 3.50. The van der Waals surface area contributed by atoms with E-state index in [0.717, 1.165) is 12.8 Å². The Morgan fingerprint density at radius 1 is 1.14 bits per heavy atom. The first-order valence-electron chi connectivity index (χ1n) is 5.67. The lowest BCUT2D eigenvalue weighted by molar-refractivity contribution is -0.154. The average Bonchev–Trinajstić information content (AvgIpc) is 2.01. The largest absolute Gasteiger partial charge is 0.460 e. The lowest BCUT2D eigenvalue weighted by Gasteiger charge is -2.24. The van der Waals surface area contributed by atoms with E-state index >= 15 is 0 Å². The molecule has 0 aromatic heterocycles. The first-order chi connectivity index (χ1) is 6.48. The van der Waals surface area contributed by atoms with Crippen molar-refractivity contribution >= 4 is 5.97 Å². The molecular weight excluding hydrogens is 176 g/mol. The van der Waals surface area contributed by atoms with E-state index in [-0.39, 0.29) is 11.6 Å². The third kappa shape index (κ3) is 8.09. The SMILES string of the molecule is CCCCCCCC(C)(C)OC(C)=O. The molecule has 0 aromatic rings. The summed E-state index contributed by atoms with van der Waals surface area (Å²) in [5.74, 6) is -0.177. The number of hydrogen-bond donors (Lipinski definition) is 0. The van der Waals surface area contributed by atoms with Crippen LogP contribution in [0.3, 0.4) is 0 Å². The maximum atomic E-state index is 10.8. The number of ether oxygens (including phenoxy) is 1. The van der Waals surface area contributed by atoms with Gasteiger partial charge in [0.2, 0.25) is 0 Å². The molecule has 14 heavy (non-hydrogen) atoms. The molecule has 0 aliphatic carbocycles. The Morgan fingerprint density at radius 3 is 2.21 bits per heavy atom. The maximum Gasteiger partial charge on any atom is 0.303 e. The van der Waals surface area contributed by atoms with E-state index in [9.17, 15) is 4.79 Å². The maximum absolute atomic E-state index is 10.8. The summed E-state index contributed by atoms with van der Waals surface area (Å²) >= 11 is 0. The average molecular weight is 200 g/mol. The van der Waals surface area contributed by atoms with Gasteiger partial charge in [-0.15, -0.1) is 0 Å². The molecule has 0 aromatic carbocycles. The van der Waals surface area contributed by atoms with Crippen molar-refractivity contribution in [1.29, 1.82) is 0 Å². The van der Waals surface area contributed by atoms with Crippen LogP contribution in [0.25, 0.3) is 0 Å². The molecule has 0 fully saturated rings. The molecule has 0 saturated carbocycles. The van der Waals surface area contributed by atoms with Gasteiger partial charge in [0.15, 0.2) is 0 Å². The quantitative estimate of drug-likeness (QED) is 0.463. The van der Waals surface area contributed by atoms with Crippen molar-refractivity contribution < 1.29 is 9.53 Å². The standard InChI is InChI=1S/C12H24O2/c1-5-6-7-8-9-10-12(3,4)14-11(2)13/h5-10H2,1-4H3. The zero-order chi connectivity index (χ0) is 11.0. The van der Waals surface area contributed by atoms with Gasteiger partial charge >= 0.3 is 5.97 Å². The van der Waals surface area contributed by atoms with E-state index in [1.165, 1.54) is 32.6 Å². The monoisotopic (exact) mass is 200 g/mol. The van der Waals surface area contributed by atoms with E-state index in [1.54, 1.807) is 0 Å². The molecule has 0 spiro atoms. The van der Waals surface area contributed by atoms with E-state index in [0.29, 0.717) is 0 Å². The Kier molecular flexibility index (Phi) is 6.60. The van der Waals surface area contributed by atoms with Crippen LogP contribution < -0.4 is 0 Å². The summed E-state index contributed by atoms with van der Waals surface area (Å²) in [4.78, 5) is 10.8. The van der Waals surface area contributed by atoms with Crippen LogP contribution in [0.4, 0.5) is 0 Å². The van der Waals surface area contributed by atoms with E-state index in [2.05, 4.69) is 6.92 Å². The second kappa shape index (κ2) is 6.86. The van der Waals surface area contributed by atoms with Crippen LogP contribution >= 0.6 is 0 Å². The second-order valence-electron chi connectivity index (χ2n) is 4.52. The van der Waals surface area contributed by atoms with Crippen LogP contribution in [-0.4, -0.2) is 11.6 Å². The zero-order valence-corrected chi connectivity index (χ0v) is 10.1. The summed E-state index contributed by atoms with van der Waals surface area (Å²) < 4.78 is 5.21. The van der Waals surface area contributed by atoms with Crippen LogP contribution in [0, 0.1) is 0 Å². The first kappa shape index (κ1) is 13.5. The highest BCUT2D eigenvalue weighted by atomic mass is 16.6. The van der Waals surface area contributed by atoms with Crippen LogP contribution in [0.2, 0.25) is 0 Å². The molecule has 0 saturated heterocycles. The Bertz CT molecular complexity index is 162. The summed E-state index contributed by atoms with van der Waals surface area (Å²) in [6.07, 6.45) is 7.25. The van der Waals surface area contributed by atoms with Gasteiger partial charge in [0, 0.05) is 6.92 Å². The minimum absolute atomic E-state index is 0.177. The molecule has 0 radical (unpaired) electrons. The van der Waals surface area contributed by atoms with Crippen LogP contribution in [0.15, 0.2) is 0 Å². The fourth-order valence-electron chi connectivity index (χ4n) is 1.59. The zero-order valence-electron chi connectivity index (χ0n) is 10.1. The molecule has 0 heterocycles. The molecule has 0 N–H and O–H groups in total. The molecule has 0 atom stereocenters. The summed E-state index contributed by atoms with van der Waals surface area (Å²) in [6, 6.07) is 0. The predicted molar refractivity (Wildman–Crippen MR) is 59.2 cm³/mol. The molecule has 0 rings (SSSR count). The molecule has 0 amide bonds. The number of esters is 1. The van der Waals surface area contributed by atoms with Gasteiger partial charge in [0.25, 0.3) is 0 Å². The summed E-state index contributed by atoms with van der Waals surface area (Å²) in [6.45, 7) is 7.64. The summed E-state index contributed by atoms with van der Waals surface area (Å²) in [7, 11) is 0. The lowest BCUT2D eigenvalue weighted by Crippen LogP contribution is -2.26. The molecule has 0 aliphatic heterocycles. The summed E-state index contributed by atoms with van der Waals surface area (Å²) in [5.41, 5.74) is -0.280. The molecule has 2 heteroatoms. The van der Waals surface area contributed by atoms with Gasteiger partial charge in [-0.25, -0.2) is 0 Å². The van der Waals surface area contributed by atoms with E-state index in [4.69, 9.17) is 4.74 Å². The second-order valence-corrected chi connectivity index (χ2v) is 4.52. The first-order valence-corrected chi connectivity index (χ1v) is 5.67. The van der Waals surface area contributed by atoms with Crippen molar-refractivity contribution in [3.8, 4) is 0 Å². The smallest absolute Gasteiger partial charge is 0.303 e. The highest BCUT2D eigenvalue weighted by molar-refractivity contribution is 5.66. The molecule has 2 nitrogen and oxygen atoms in total. The van der Waals surface area contributed by atoms with Crippen molar-refractivity contribution in [3.05, 3.63) is 0 Å². The van der Waals surface area contributed by atoms with E-state index in [1.807, 2.05) is 13.8 Å². The van der Waals surface area contributed by atoms with Gasteiger partial charge in [0.05, 0.1) is 0 Å². The molecule has 84 valence electrons. The van der Waals surface area contributed by atoms with Crippen LogP contribution in [0.5, 0.6) is 0 Å². The van der Waals surface area contributed by atoms with Gasteiger partial charge in [-0.3, -0.25) is 4.79 Å². The number of rotatable bonds is 7. The van der Waals surface area contributed by atoms with Gasteiger partial charge in [-0.2, -0.15) is 0 Å². The van der Waals surface area contributed by atoms with Crippen molar-refractivity contribution in [2.75, 3.05) is 0 Å². The Morgan fingerprint density at radius 2 is 1.71 bits per heavy atom. The Hall–Kier alpha value is -0.530. The van der Waals surface area contributed by atoms with Crippen molar-refractivity contribution in [3.63, 3.8) is 0 Å². The van der Waals surface area contributed by atoms with Crippen LogP contribution in [-0.2, 0) is 9.53 Å². The van der Waals surface area contributed by atoms with Crippen LogP contribution in [0.1, 0.15) is 66.2 Å². The van der Waals surface area contributed by atoms with E-state index < -0.39 is 0 Å². The minimum atomic E-state index is -0.280. The number of unbranched alkanes of at least 4 members (excludes halogenated alkanes) is 4. The number of carbonyl (C=O) groups is 1. The lowest BCUT2D eigenvalue weighted by atomic mass is 9.99. The van der Waals surface area contributed by atoms with Crippen molar-refractivity contribution in [2.45, 2.75) is 71.8 Å². The van der Waals surface area contributed by atoms with Crippen molar-refractivity contribution in [1.82, 2.24) is 0 Å². The number of carbonyl (C=O) groups excluding carboxylic acids is 1. The molecule has 0 unspecified atom stereocenters. The summed E-state index contributed by atoms with van der Waals surface area (Å²) in [5, 5.41) is 0. The van der Waals surface area contributed by atoms with Crippen molar-refractivity contribution in [2.24, 2.45) is 0 Å². The number of hydrogen-bond acceptors (Lipinski definition) is 2. The van der Waals surface area contributed by atoms with Gasteiger partial charge < -0.3 is 4.74 Å². The molecule has 0 bridgehead atoms. The minimum Gasteiger partial charge on any atom is -0.460 e. The molecule has 0 aliphatic rings. The normalized spacial score (nSPS) is 11.4.